The highest BCUT2D eigenvalue weighted by molar-refractivity contribution is 14.1. The van der Waals surface area contributed by atoms with E-state index in [0.717, 1.165) is 34.6 Å². The first kappa shape index (κ1) is 14.7. The zero-order valence-electron chi connectivity index (χ0n) is 12.1. The van der Waals surface area contributed by atoms with Crippen LogP contribution in [0.25, 0.3) is 11.5 Å². The summed E-state index contributed by atoms with van der Waals surface area (Å²) in [6.07, 6.45) is 0. The van der Waals surface area contributed by atoms with E-state index in [0.29, 0.717) is 11.6 Å². The molecule has 7 heteroatoms. The molecule has 1 aromatic heterocycles. The molecule has 2 heterocycles. The minimum atomic E-state index is 0.158. The predicted molar refractivity (Wildman–Crippen MR) is 89.7 cm³/mol. The summed E-state index contributed by atoms with van der Waals surface area (Å²) >= 11 is 2.24. The van der Waals surface area contributed by atoms with Gasteiger partial charge in [-0.15, -0.1) is 0 Å². The molecule has 3 rings (SSSR count). The first-order valence-corrected chi connectivity index (χ1v) is 7.90. The Balaban J connectivity index is 1.91. The fourth-order valence-electron chi connectivity index (χ4n) is 2.48. The lowest BCUT2D eigenvalue weighted by Gasteiger charge is -2.35. The summed E-state index contributed by atoms with van der Waals surface area (Å²) in [5, 5.41) is 4.16. The van der Waals surface area contributed by atoms with Gasteiger partial charge in [-0.2, -0.15) is 4.98 Å². The number of nitrogen functional groups attached to an aromatic ring is 1. The second kappa shape index (κ2) is 5.90. The average molecular weight is 399 g/mol. The van der Waals surface area contributed by atoms with E-state index in [2.05, 4.69) is 56.6 Å². The first-order valence-electron chi connectivity index (χ1n) is 6.82. The summed E-state index contributed by atoms with van der Waals surface area (Å²) in [6.45, 7) is 2.95. The number of piperazine rings is 1. The highest BCUT2D eigenvalue weighted by Gasteiger charge is 2.28. The Bertz CT molecular complexity index is 644. The van der Waals surface area contributed by atoms with E-state index in [4.69, 9.17) is 10.3 Å². The molecule has 0 radical (unpaired) electrons. The number of hydrogen-bond acceptors (Lipinski definition) is 6. The number of likely N-dealkylation sites (N-methyl/N-ethyl adjacent to an activating group) is 2. The highest BCUT2D eigenvalue weighted by atomic mass is 127. The van der Waals surface area contributed by atoms with Crippen LogP contribution < -0.4 is 5.73 Å². The Morgan fingerprint density at radius 2 is 2.14 bits per heavy atom. The SMILES string of the molecule is CN1CCN(C)C(c2noc(-c3cc(I)ccc3N)n2)C1. The van der Waals surface area contributed by atoms with E-state index < -0.39 is 0 Å². The third-order valence-corrected chi connectivity index (χ3v) is 4.51. The number of halogens is 1. The van der Waals surface area contributed by atoms with E-state index in [1.165, 1.54) is 0 Å². The molecule has 0 saturated carbocycles. The molecule has 1 unspecified atom stereocenters. The van der Waals surface area contributed by atoms with E-state index in [9.17, 15) is 0 Å². The fraction of sp³-hybridized carbons (Fsp3) is 0.429. The third kappa shape index (κ3) is 3.04. The zero-order chi connectivity index (χ0) is 15.0. The standard InChI is InChI=1S/C14H18IN5O/c1-19-5-6-20(2)12(8-19)13-17-14(21-18-13)10-7-9(15)3-4-11(10)16/h3-4,7,12H,5-6,8,16H2,1-2H3. The van der Waals surface area contributed by atoms with E-state index in [1.54, 1.807) is 0 Å². The minimum absolute atomic E-state index is 0.158. The molecule has 21 heavy (non-hydrogen) atoms. The van der Waals surface area contributed by atoms with Gasteiger partial charge in [0.2, 0.25) is 0 Å². The maximum absolute atomic E-state index is 6.01. The molecule has 0 bridgehead atoms. The topological polar surface area (TPSA) is 71.4 Å². The van der Waals surface area contributed by atoms with Gasteiger partial charge in [-0.1, -0.05) is 5.16 Å². The molecule has 0 spiro atoms. The van der Waals surface area contributed by atoms with Crippen molar-refractivity contribution in [3.8, 4) is 11.5 Å². The summed E-state index contributed by atoms with van der Waals surface area (Å²) in [7, 11) is 4.20. The summed E-state index contributed by atoms with van der Waals surface area (Å²) in [5.74, 6) is 1.21. The normalized spacial score (nSPS) is 20.8. The van der Waals surface area contributed by atoms with E-state index in [1.807, 2.05) is 18.2 Å². The maximum atomic E-state index is 6.01. The lowest BCUT2D eigenvalue weighted by atomic mass is 10.1. The van der Waals surface area contributed by atoms with Crippen molar-refractivity contribution in [1.29, 1.82) is 0 Å². The molecular weight excluding hydrogens is 381 g/mol. The molecule has 2 N–H and O–H groups in total. The van der Waals surface area contributed by atoms with Gasteiger partial charge in [0.05, 0.1) is 11.6 Å². The molecule has 1 aromatic carbocycles. The number of nitrogens with two attached hydrogens (primary N) is 1. The van der Waals surface area contributed by atoms with Gasteiger partial charge < -0.3 is 15.2 Å². The molecule has 112 valence electrons. The highest BCUT2D eigenvalue weighted by Crippen LogP contribution is 2.28. The molecule has 1 saturated heterocycles. The van der Waals surface area contributed by atoms with Crippen molar-refractivity contribution in [2.45, 2.75) is 6.04 Å². The van der Waals surface area contributed by atoms with Crippen molar-refractivity contribution in [1.82, 2.24) is 19.9 Å². The Morgan fingerprint density at radius 3 is 2.95 bits per heavy atom. The average Bonchev–Trinajstić information content (AvgIpc) is 2.93. The molecule has 1 fully saturated rings. The number of nitrogens with zero attached hydrogens (tertiary/aromatic N) is 4. The number of benzene rings is 1. The third-order valence-electron chi connectivity index (χ3n) is 3.84. The van der Waals surface area contributed by atoms with Gasteiger partial charge in [0.25, 0.3) is 5.89 Å². The number of rotatable bonds is 2. The Kier molecular flexibility index (Phi) is 4.14. The van der Waals surface area contributed by atoms with Gasteiger partial charge in [0.15, 0.2) is 5.82 Å². The van der Waals surface area contributed by atoms with Crippen LogP contribution in [0.4, 0.5) is 5.69 Å². The van der Waals surface area contributed by atoms with E-state index >= 15 is 0 Å². The van der Waals surface area contributed by atoms with Gasteiger partial charge in [0, 0.05) is 28.9 Å². The van der Waals surface area contributed by atoms with Crippen LogP contribution >= 0.6 is 22.6 Å². The van der Waals surface area contributed by atoms with Crippen molar-refractivity contribution in [2.75, 3.05) is 39.5 Å². The van der Waals surface area contributed by atoms with Gasteiger partial charge in [-0.25, -0.2) is 0 Å². The smallest absolute Gasteiger partial charge is 0.260 e. The maximum Gasteiger partial charge on any atom is 0.260 e. The quantitative estimate of drug-likeness (QED) is 0.614. The van der Waals surface area contributed by atoms with Crippen LogP contribution in [0.5, 0.6) is 0 Å². The Labute approximate surface area is 137 Å². The molecular formula is C14H18IN5O. The lowest BCUT2D eigenvalue weighted by Crippen LogP contribution is -2.45. The number of aromatic nitrogens is 2. The molecule has 2 aromatic rings. The van der Waals surface area contributed by atoms with Crippen molar-refractivity contribution in [3.63, 3.8) is 0 Å². The van der Waals surface area contributed by atoms with Gasteiger partial charge >= 0.3 is 0 Å². The van der Waals surface area contributed by atoms with Crippen LogP contribution in [0.2, 0.25) is 0 Å². The molecule has 0 aliphatic carbocycles. The minimum Gasteiger partial charge on any atom is -0.398 e. The monoisotopic (exact) mass is 399 g/mol. The van der Waals surface area contributed by atoms with Crippen LogP contribution in [0.3, 0.4) is 0 Å². The Morgan fingerprint density at radius 1 is 1.33 bits per heavy atom. The van der Waals surface area contributed by atoms with Crippen molar-refractivity contribution >= 4 is 28.3 Å². The summed E-state index contributed by atoms with van der Waals surface area (Å²) < 4.78 is 6.52. The molecule has 6 nitrogen and oxygen atoms in total. The predicted octanol–water partition coefficient (Wildman–Crippen LogP) is 1.84. The van der Waals surface area contributed by atoms with Crippen molar-refractivity contribution in [2.24, 2.45) is 0 Å². The zero-order valence-corrected chi connectivity index (χ0v) is 14.2. The first-order chi connectivity index (χ1) is 10.0. The largest absolute Gasteiger partial charge is 0.398 e. The van der Waals surface area contributed by atoms with E-state index in [-0.39, 0.29) is 6.04 Å². The second-order valence-corrected chi connectivity index (χ2v) is 6.69. The Hall–Kier alpha value is -1.19. The van der Waals surface area contributed by atoms with Gasteiger partial charge in [0.1, 0.15) is 0 Å². The van der Waals surface area contributed by atoms with Crippen LogP contribution in [-0.2, 0) is 0 Å². The molecule has 1 atom stereocenters. The second-order valence-electron chi connectivity index (χ2n) is 5.45. The molecule has 1 aliphatic heterocycles. The van der Waals surface area contributed by atoms with Crippen LogP contribution in [0.15, 0.2) is 22.7 Å². The fourth-order valence-corrected chi connectivity index (χ4v) is 2.97. The van der Waals surface area contributed by atoms with Gasteiger partial charge in [-0.3, -0.25) is 4.90 Å². The number of hydrogen-bond donors (Lipinski definition) is 1. The van der Waals surface area contributed by atoms with Gasteiger partial charge in [-0.05, 0) is 54.9 Å². The molecule has 1 aliphatic rings. The lowest BCUT2D eigenvalue weighted by molar-refractivity contribution is 0.108. The number of anilines is 1. The van der Waals surface area contributed by atoms with Crippen molar-refractivity contribution in [3.05, 3.63) is 27.6 Å². The van der Waals surface area contributed by atoms with Crippen LogP contribution in [0, 0.1) is 3.57 Å². The summed E-state index contributed by atoms with van der Waals surface area (Å²) in [5.41, 5.74) is 7.46. The van der Waals surface area contributed by atoms with Crippen LogP contribution in [0.1, 0.15) is 11.9 Å². The van der Waals surface area contributed by atoms with Crippen LogP contribution in [-0.4, -0.2) is 53.7 Å². The van der Waals surface area contributed by atoms with Crippen molar-refractivity contribution < 1.29 is 4.52 Å². The summed E-state index contributed by atoms with van der Waals surface area (Å²) in [4.78, 5) is 9.10. The molecule has 0 amide bonds. The summed E-state index contributed by atoms with van der Waals surface area (Å²) in [6, 6.07) is 5.94.